The van der Waals surface area contributed by atoms with Gasteiger partial charge in [-0.15, -0.1) is 0 Å². The highest BCUT2D eigenvalue weighted by atomic mass is 19.4. The Hall–Kier alpha value is -1.83. The Bertz CT molecular complexity index is 364. The van der Waals surface area contributed by atoms with Gasteiger partial charge >= 0.3 is 12.1 Å². The first kappa shape index (κ1) is 12.2. The molecule has 0 aromatic carbocycles. The SMILES string of the molecule is O=C(O)CONc1ccc(C(F)(F)F)cn1. The van der Waals surface area contributed by atoms with Crippen molar-refractivity contribution in [2.45, 2.75) is 6.18 Å². The van der Waals surface area contributed by atoms with Crippen LogP contribution in [0.15, 0.2) is 18.3 Å². The molecular weight excluding hydrogens is 229 g/mol. The summed E-state index contributed by atoms with van der Waals surface area (Å²) in [7, 11) is 0. The summed E-state index contributed by atoms with van der Waals surface area (Å²) in [6.07, 6.45) is -3.83. The van der Waals surface area contributed by atoms with E-state index in [9.17, 15) is 18.0 Å². The zero-order valence-electron chi connectivity index (χ0n) is 7.78. The molecule has 1 aromatic heterocycles. The standard InChI is InChI=1S/C8H7F3N2O3/c9-8(10,11)5-1-2-6(12-3-5)13-16-4-7(14)15/h1-3H,4H2,(H,12,13)(H,14,15). The predicted molar refractivity (Wildman–Crippen MR) is 46.4 cm³/mol. The Morgan fingerprint density at radius 2 is 2.19 bits per heavy atom. The van der Waals surface area contributed by atoms with Crippen molar-refractivity contribution >= 4 is 11.8 Å². The van der Waals surface area contributed by atoms with E-state index in [2.05, 4.69) is 15.3 Å². The Labute approximate surface area is 87.8 Å². The number of carbonyl (C=O) groups is 1. The van der Waals surface area contributed by atoms with Gasteiger partial charge in [-0.1, -0.05) is 0 Å². The van der Waals surface area contributed by atoms with Crippen molar-refractivity contribution in [3.63, 3.8) is 0 Å². The van der Waals surface area contributed by atoms with Crippen LogP contribution in [0.25, 0.3) is 0 Å². The van der Waals surface area contributed by atoms with Crippen LogP contribution < -0.4 is 5.48 Å². The van der Waals surface area contributed by atoms with E-state index in [4.69, 9.17) is 5.11 Å². The summed E-state index contributed by atoms with van der Waals surface area (Å²) in [6, 6.07) is 1.84. The number of rotatable bonds is 4. The lowest BCUT2D eigenvalue weighted by atomic mass is 10.3. The van der Waals surface area contributed by atoms with Crippen LogP contribution in [0.5, 0.6) is 0 Å². The molecule has 5 nitrogen and oxygen atoms in total. The number of hydrogen-bond acceptors (Lipinski definition) is 4. The zero-order valence-corrected chi connectivity index (χ0v) is 7.78. The van der Waals surface area contributed by atoms with Crippen LogP contribution in [-0.4, -0.2) is 22.7 Å². The molecule has 1 rings (SSSR count). The maximum atomic E-state index is 12.1. The minimum Gasteiger partial charge on any atom is -0.479 e. The van der Waals surface area contributed by atoms with Crippen molar-refractivity contribution in [3.8, 4) is 0 Å². The number of halogens is 3. The number of alkyl halides is 3. The summed E-state index contributed by atoms with van der Waals surface area (Å²) in [5.41, 5.74) is 1.20. The molecule has 0 amide bonds. The third-order valence-electron chi connectivity index (χ3n) is 1.46. The van der Waals surface area contributed by atoms with E-state index in [1.807, 2.05) is 0 Å². The van der Waals surface area contributed by atoms with Crippen LogP contribution in [-0.2, 0) is 15.8 Å². The highest BCUT2D eigenvalue weighted by Gasteiger charge is 2.30. The van der Waals surface area contributed by atoms with Crippen molar-refractivity contribution < 1.29 is 27.9 Å². The van der Waals surface area contributed by atoms with Gasteiger partial charge in [-0.05, 0) is 12.1 Å². The summed E-state index contributed by atoms with van der Waals surface area (Å²) in [4.78, 5) is 17.8. The molecule has 0 unspecified atom stereocenters. The van der Waals surface area contributed by atoms with E-state index < -0.39 is 24.3 Å². The second-order valence-electron chi connectivity index (χ2n) is 2.71. The predicted octanol–water partition coefficient (Wildman–Crippen LogP) is 1.53. The maximum Gasteiger partial charge on any atom is 0.417 e. The van der Waals surface area contributed by atoms with Gasteiger partial charge < -0.3 is 5.11 Å². The van der Waals surface area contributed by atoms with Gasteiger partial charge in [0.05, 0.1) is 5.56 Å². The third kappa shape index (κ3) is 3.73. The van der Waals surface area contributed by atoms with E-state index in [0.29, 0.717) is 6.20 Å². The molecule has 0 atom stereocenters. The van der Waals surface area contributed by atoms with E-state index in [-0.39, 0.29) is 5.82 Å². The number of nitrogens with zero attached hydrogens (tertiary/aromatic N) is 1. The van der Waals surface area contributed by atoms with E-state index >= 15 is 0 Å². The maximum absolute atomic E-state index is 12.1. The van der Waals surface area contributed by atoms with Crippen molar-refractivity contribution in [3.05, 3.63) is 23.9 Å². The molecule has 0 aliphatic heterocycles. The van der Waals surface area contributed by atoms with Gasteiger partial charge in [-0.2, -0.15) is 13.2 Å². The number of aliphatic carboxylic acids is 1. The van der Waals surface area contributed by atoms with Gasteiger partial charge in [0, 0.05) is 6.20 Å². The van der Waals surface area contributed by atoms with Crippen molar-refractivity contribution in [1.29, 1.82) is 0 Å². The summed E-state index contributed by atoms with van der Waals surface area (Å²) < 4.78 is 36.3. The summed E-state index contributed by atoms with van der Waals surface area (Å²) >= 11 is 0. The first-order valence-electron chi connectivity index (χ1n) is 4.02. The van der Waals surface area contributed by atoms with Crippen LogP contribution in [0, 0.1) is 0 Å². The average molecular weight is 236 g/mol. The smallest absolute Gasteiger partial charge is 0.417 e. The van der Waals surface area contributed by atoms with Gasteiger partial charge in [-0.3, -0.25) is 4.84 Å². The lowest BCUT2D eigenvalue weighted by molar-refractivity contribution is -0.141. The van der Waals surface area contributed by atoms with Crippen molar-refractivity contribution in [2.24, 2.45) is 0 Å². The van der Waals surface area contributed by atoms with Crippen LogP contribution in [0.1, 0.15) is 5.56 Å². The molecule has 0 spiro atoms. The molecule has 0 radical (unpaired) electrons. The molecule has 0 aliphatic carbocycles. The van der Waals surface area contributed by atoms with E-state index in [1.165, 1.54) is 0 Å². The van der Waals surface area contributed by atoms with Crippen LogP contribution in [0.3, 0.4) is 0 Å². The Kier molecular flexibility index (Phi) is 3.67. The second-order valence-corrected chi connectivity index (χ2v) is 2.71. The lowest BCUT2D eigenvalue weighted by Crippen LogP contribution is -2.12. The van der Waals surface area contributed by atoms with Crippen molar-refractivity contribution in [1.82, 2.24) is 4.98 Å². The number of hydrogen-bond donors (Lipinski definition) is 2. The molecule has 0 bridgehead atoms. The minimum atomic E-state index is -4.45. The lowest BCUT2D eigenvalue weighted by Gasteiger charge is -2.07. The molecule has 1 heterocycles. The Morgan fingerprint density at radius 1 is 1.50 bits per heavy atom. The monoisotopic (exact) mass is 236 g/mol. The fourth-order valence-corrected chi connectivity index (χ4v) is 0.794. The second kappa shape index (κ2) is 4.79. The Balaban J connectivity index is 2.55. The fraction of sp³-hybridized carbons (Fsp3) is 0.250. The minimum absolute atomic E-state index is 0.00532. The van der Waals surface area contributed by atoms with Gasteiger partial charge in [0.25, 0.3) is 0 Å². The fourth-order valence-electron chi connectivity index (χ4n) is 0.794. The van der Waals surface area contributed by atoms with Crippen LogP contribution >= 0.6 is 0 Å². The zero-order chi connectivity index (χ0) is 12.2. The average Bonchev–Trinajstić information content (AvgIpc) is 2.16. The largest absolute Gasteiger partial charge is 0.479 e. The summed E-state index contributed by atoms with van der Waals surface area (Å²) in [6.45, 7) is -0.622. The van der Waals surface area contributed by atoms with Gasteiger partial charge in [0.15, 0.2) is 6.61 Å². The normalized spacial score (nSPS) is 11.2. The molecule has 0 saturated carbocycles. The van der Waals surface area contributed by atoms with Crippen molar-refractivity contribution in [2.75, 3.05) is 12.1 Å². The molecule has 2 N–H and O–H groups in total. The number of carboxylic acid groups (broad SMARTS) is 1. The quantitative estimate of drug-likeness (QED) is 0.775. The molecule has 0 saturated heterocycles. The van der Waals surface area contributed by atoms with E-state index in [0.717, 1.165) is 12.1 Å². The number of carboxylic acids is 1. The highest BCUT2D eigenvalue weighted by molar-refractivity contribution is 5.68. The first-order chi connectivity index (χ1) is 7.39. The number of anilines is 1. The molecule has 16 heavy (non-hydrogen) atoms. The van der Waals surface area contributed by atoms with Gasteiger partial charge in [0.1, 0.15) is 5.82 Å². The van der Waals surface area contributed by atoms with Gasteiger partial charge in [0.2, 0.25) is 0 Å². The molecule has 0 aliphatic rings. The third-order valence-corrected chi connectivity index (χ3v) is 1.46. The molecule has 0 fully saturated rings. The van der Waals surface area contributed by atoms with E-state index in [1.54, 1.807) is 0 Å². The molecule has 1 aromatic rings. The van der Waals surface area contributed by atoms with Crippen LogP contribution in [0.4, 0.5) is 19.0 Å². The summed E-state index contributed by atoms with van der Waals surface area (Å²) in [5.74, 6) is -1.21. The topological polar surface area (TPSA) is 71.5 Å². The van der Waals surface area contributed by atoms with Crippen LogP contribution in [0.2, 0.25) is 0 Å². The first-order valence-corrected chi connectivity index (χ1v) is 4.02. The molecule has 88 valence electrons. The number of nitrogens with one attached hydrogen (secondary N) is 1. The summed E-state index contributed by atoms with van der Waals surface area (Å²) in [5, 5.41) is 8.21. The Morgan fingerprint density at radius 3 is 2.62 bits per heavy atom. The molecule has 8 heteroatoms. The highest BCUT2D eigenvalue weighted by Crippen LogP contribution is 2.28. The molecular formula is C8H7F3N2O3. The van der Waals surface area contributed by atoms with Gasteiger partial charge in [-0.25, -0.2) is 15.3 Å². The number of pyridine rings is 1. The number of aromatic nitrogens is 1.